The molecule has 0 bridgehead atoms. The highest BCUT2D eigenvalue weighted by atomic mass is 32.1. The average Bonchev–Trinajstić information content (AvgIpc) is 2.40. The van der Waals surface area contributed by atoms with E-state index < -0.39 is 0 Å². The Morgan fingerprint density at radius 1 is 1.80 bits per heavy atom. The molecule has 0 spiro atoms. The average molecular weight is 155 g/mol. The molecule has 1 N–H and O–H groups in total. The minimum Gasteiger partial charge on any atom is -0.484 e. The molecule has 1 rings (SSSR count). The fraction of sp³-hybridized carbons (Fsp3) is 0.286. The van der Waals surface area contributed by atoms with Crippen LogP contribution in [0.1, 0.15) is 4.88 Å². The number of nitrogens with one attached hydrogen (secondary N) is 1. The molecule has 0 saturated heterocycles. The Balaban J connectivity index is 2.48. The number of methoxy groups -OCH3 is 1. The van der Waals surface area contributed by atoms with Crippen LogP contribution in [0.5, 0.6) is 0 Å². The standard InChI is InChI=1S/C7H9NOS/c1-9-7(8)5-6-3-2-4-10-6/h2-4,8H,5H2,1H3. The smallest absolute Gasteiger partial charge is 0.185 e. The molecule has 0 radical (unpaired) electrons. The van der Waals surface area contributed by atoms with Gasteiger partial charge in [0.1, 0.15) is 0 Å². The first-order valence-electron chi connectivity index (χ1n) is 2.96. The summed E-state index contributed by atoms with van der Waals surface area (Å²) in [5.41, 5.74) is 0. The van der Waals surface area contributed by atoms with Crippen LogP contribution in [0.15, 0.2) is 17.5 Å². The molecule has 0 aliphatic rings. The Morgan fingerprint density at radius 2 is 2.60 bits per heavy atom. The van der Waals surface area contributed by atoms with Crippen LogP contribution in [0.25, 0.3) is 0 Å². The summed E-state index contributed by atoms with van der Waals surface area (Å²) in [7, 11) is 1.52. The fourth-order valence-corrected chi connectivity index (χ4v) is 1.35. The van der Waals surface area contributed by atoms with E-state index in [0.717, 1.165) is 0 Å². The minimum absolute atomic E-state index is 0.322. The van der Waals surface area contributed by atoms with Gasteiger partial charge in [0.25, 0.3) is 0 Å². The second kappa shape index (κ2) is 3.37. The zero-order chi connectivity index (χ0) is 7.40. The van der Waals surface area contributed by atoms with Crippen LogP contribution in [0.4, 0.5) is 0 Å². The van der Waals surface area contributed by atoms with Gasteiger partial charge in [0.15, 0.2) is 5.90 Å². The lowest BCUT2D eigenvalue weighted by atomic mass is 10.3. The van der Waals surface area contributed by atoms with Crippen LogP contribution in [0, 0.1) is 5.41 Å². The van der Waals surface area contributed by atoms with E-state index in [2.05, 4.69) is 0 Å². The molecule has 0 unspecified atom stereocenters. The van der Waals surface area contributed by atoms with E-state index in [9.17, 15) is 0 Å². The molecule has 10 heavy (non-hydrogen) atoms. The number of thiophene rings is 1. The van der Waals surface area contributed by atoms with Crippen molar-refractivity contribution >= 4 is 17.2 Å². The lowest BCUT2D eigenvalue weighted by molar-refractivity contribution is 0.390. The molecule has 0 aliphatic heterocycles. The summed E-state index contributed by atoms with van der Waals surface area (Å²) in [5.74, 6) is 0.322. The maximum absolute atomic E-state index is 7.20. The van der Waals surface area contributed by atoms with E-state index in [1.54, 1.807) is 11.3 Å². The number of ether oxygens (including phenoxy) is 1. The van der Waals surface area contributed by atoms with Gasteiger partial charge in [-0.2, -0.15) is 0 Å². The van der Waals surface area contributed by atoms with Crippen molar-refractivity contribution in [1.29, 1.82) is 5.41 Å². The summed E-state index contributed by atoms with van der Waals surface area (Å²) in [6, 6.07) is 3.97. The van der Waals surface area contributed by atoms with Crippen molar-refractivity contribution in [3.63, 3.8) is 0 Å². The zero-order valence-electron chi connectivity index (χ0n) is 5.76. The molecule has 2 nitrogen and oxygen atoms in total. The van der Waals surface area contributed by atoms with E-state index in [1.807, 2.05) is 17.5 Å². The number of rotatable bonds is 2. The molecule has 0 aliphatic carbocycles. The first-order chi connectivity index (χ1) is 4.83. The molecule has 54 valence electrons. The molecule has 1 heterocycles. The van der Waals surface area contributed by atoms with Crippen LogP contribution < -0.4 is 0 Å². The Labute approximate surface area is 64.0 Å². The lowest BCUT2D eigenvalue weighted by Gasteiger charge is -1.97. The molecule has 0 aromatic carbocycles. The summed E-state index contributed by atoms with van der Waals surface area (Å²) >= 11 is 1.65. The van der Waals surface area contributed by atoms with Gasteiger partial charge in [0.2, 0.25) is 0 Å². The third-order valence-corrected chi connectivity index (χ3v) is 2.04. The van der Waals surface area contributed by atoms with Crippen molar-refractivity contribution in [1.82, 2.24) is 0 Å². The molecule has 1 aromatic heterocycles. The summed E-state index contributed by atoms with van der Waals surface area (Å²) in [6.07, 6.45) is 0.619. The molecule has 0 amide bonds. The lowest BCUT2D eigenvalue weighted by Crippen LogP contribution is -2.01. The third-order valence-electron chi connectivity index (χ3n) is 1.16. The van der Waals surface area contributed by atoms with Crippen molar-refractivity contribution in [3.05, 3.63) is 22.4 Å². The van der Waals surface area contributed by atoms with Crippen LogP contribution >= 0.6 is 11.3 Å². The van der Waals surface area contributed by atoms with Crippen molar-refractivity contribution in [2.45, 2.75) is 6.42 Å². The summed E-state index contributed by atoms with van der Waals surface area (Å²) < 4.78 is 4.71. The minimum atomic E-state index is 0.322. The predicted octanol–water partition coefficient (Wildman–Crippen LogP) is 1.91. The van der Waals surface area contributed by atoms with Gasteiger partial charge in [0.05, 0.1) is 13.5 Å². The van der Waals surface area contributed by atoms with E-state index in [-0.39, 0.29) is 0 Å². The molecule has 0 atom stereocenters. The van der Waals surface area contributed by atoms with Gasteiger partial charge in [-0.15, -0.1) is 11.3 Å². The van der Waals surface area contributed by atoms with Crippen LogP contribution in [0.3, 0.4) is 0 Å². The highest BCUT2D eigenvalue weighted by molar-refractivity contribution is 7.10. The van der Waals surface area contributed by atoms with E-state index in [0.29, 0.717) is 12.3 Å². The van der Waals surface area contributed by atoms with E-state index in [1.165, 1.54) is 12.0 Å². The quantitative estimate of drug-likeness (QED) is 0.513. The predicted molar refractivity (Wildman–Crippen MR) is 42.8 cm³/mol. The Hall–Kier alpha value is -0.830. The first kappa shape index (κ1) is 7.28. The molecular formula is C7H9NOS. The van der Waals surface area contributed by atoms with Gasteiger partial charge < -0.3 is 4.74 Å². The fourth-order valence-electron chi connectivity index (χ4n) is 0.644. The molecule has 3 heteroatoms. The van der Waals surface area contributed by atoms with Crippen molar-refractivity contribution < 1.29 is 4.74 Å². The monoisotopic (exact) mass is 155 g/mol. The third kappa shape index (κ3) is 1.84. The van der Waals surface area contributed by atoms with Crippen molar-refractivity contribution in [2.75, 3.05) is 7.11 Å². The Bertz CT molecular complexity index is 205. The summed E-state index contributed by atoms with van der Waals surface area (Å²) in [6.45, 7) is 0. The Morgan fingerprint density at radius 3 is 3.10 bits per heavy atom. The topological polar surface area (TPSA) is 33.1 Å². The van der Waals surface area contributed by atoms with Crippen molar-refractivity contribution in [2.24, 2.45) is 0 Å². The largest absolute Gasteiger partial charge is 0.484 e. The van der Waals surface area contributed by atoms with Crippen LogP contribution in [-0.2, 0) is 11.2 Å². The Kier molecular flexibility index (Phi) is 2.45. The molecule has 1 aromatic rings. The highest BCUT2D eigenvalue weighted by Gasteiger charge is 1.97. The van der Waals surface area contributed by atoms with Gasteiger partial charge in [-0.3, -0.25) is 5.41 Å². The number of hydrogen-bond acceptors (Lipinski definition) is 3. The van der Waals surface area contributed by atoms with Gasteiger partial charge >= 0.3 is 0 Å². The zero-order valence-corrected chi connectivity index (χ0v) is 6.57. The van der Waals surface area contributed by atoms with Gasteiger partial charge in [0, 0.05) is 4.88 Å². The first-order valence-corrected chi connectivity index (χ1v) is 3.84. The van der Waals surface area contributed by atoms with Crippen LogP contribution in [0.2, 0.25) is 0 Å². The van der Waals surface area contributed by atoms with Gasteiger partial charge in [-0.05, 0) is 11.4 Å². The number of hydrogen-bond donors (Lipinski definition) is 1. The van der Waals surface area contributed by atoms with E-state index in [4.69, 9.17) is 10.1 Å². The summed E-state index contributed by atoms with van der Waals surface area (Å²) in [4.78, 5) is 1.17. The maximum atomic E-state index is 7.20. The molecule has 0 fully saturated rings. The summed E-state index contributed by atoms with van der Waals surface area (Å²) in [5, 5.41) is 9.20. The maximum Gasteiger partial charge on any atom is 0.185 e. The van der Waals surface area contributed by atoms with E-state index >= 15 is 0 Å². The highest BCUT2D eigenvalue weighted by Crippen LogP contribution is 2.09. The second-order valence-corrected chi connectivity index (χ2v) is 2.92. The van der Waals surface area contributed by atoms with Crippen molar-refractivity contribution in [3.8, 4) is 0 Å². The second-order valence-electron chi connectivity index (χ2n) is 1.88. The van der Waals surface area contributed by atoms with Crippen LogP contribution in [-0.4, -0.2) is 13.0 Å². The van der Waals surface area contributed by atoms with Gasteiger partial charge in [-0.1, -0.05) is 6.07 Å². The molecular weight excluding hydrogens is 146 g/mol. The SMILES string of the molecule is COC(=N)Cc1cccs1. The normalized spacial score (nSPS) is 9.30. The van der Waals surface area contributed by atoms with Gasteiger partial charge in [-0.25, -0.2) is 0 Å². The molecule has 0 saturated carbocycles.